The molecule has 3 atom stereocenters. The van der Waals surface area contributed by atoms with Gasteiger partial charge in [0, 0.05) is 50.8 Å². The lowest BCUT2D eigenvalue weighted by atomic mass is 9.80. The number of rotatable bonds is 11. The van der Waals surface area contributed by atoms with Gasteiger partial charge in [-0.1, -0.05) is 49.2 Å². The van der Waals surface area contributed by atoms with Crippen molar-refractivity contribution in [3.05, 3.63) is 66.6 Å². The van der Waals surface area contributed by atoms with Crippen molar-refractivity contribution < 1.29 is 32.9 Å². The molecule has 0 bridgehead atoms. The summed E-state index contributed by atoms with van der Waals surface area (Å²) in [5.41, 5.74) is 0.816. The summed E-state index contributed by atoms with van der Waals surface area (Å²) in [6.45, 7) is -0.705. The highest BCUT2D eigenvalue weighted by Crippen LogP contribution is 2.41. The van der Waals surface area contributed by atoms with E-state index in [1.54, 1.807) is 25.6 Å². The van der Waals surface area contributed by atoms with Crippen LogP contribution in [0, 0.1) is 0 Å². The highest BCUT2D eigenvalue weighted by molar-refractivity contribution is 5.98. The molecule has 1 aliphatic heterocycles. The van der Waals surface area contributed by atoms with E-state index in [0.717, 1.165) is 24.8 Å². The average Bonchev–Trinajstić information content (AvgIpc) is 3.42. The minimum absolute atomic E-state index is 0.0260. The third kappa shape index (κ3) is 6.74. The summed E-state index contributed by atoms with van der Waals surface area (Å²) in [5.74, 6) is 0.256. The Hall–Kier alpha value is -3.54. The topological polar surface area (TPSA) is 98.1 Å². The minimum atomic E-state index is -2.91. The highest BCUT2D eigenvalue weighted by atomic mass is 19.3. The second kappa shape index (κ2) is 13.6. The van der Waals surface area contributed by atoms with Gasteiger partial charge in [-0.15, -0.1) is 0 Å². The molecule has 2 N–H and O–H groups in total. The van der Waals surface area contributed by atoms with Gasteiger partial charge in [-0.2, -0.15) is 8.78 Å². The van der Waals surface area contributed by atoms with Crippen LogP contribution in [0.2, 0.25) is 0 Å². The van der Waals surface area contributed by atoms with Gasteiger partial charge >= 0.3 is 6.61 Å². The predicted octanol–water partition coefficient (Wildman–Crippen LogP) is 4.53. The molecule has 0 radical (unpaired) electrons. The van der Waals surface area contributed by atoms with E-state index >= 15 is 0 Å². The Bertz CT molecular complexity index is 1320. The molecule has 2 heterocycles. The summed E-state index contributed by atoms with van der Waals surface area (Å²) in [7, 11) is 1.59. The van der Waals surface area contributed by atoms with Crippen molar-refractivity contribution in [1.82, 2.24) is 19.8 Å². The van der Waals surface area contributed by atoms with Gasteiger partial charge in [0.05, 0.1) is 31.3 Å². The zero-order chi connectivity index (χ0) is 29.5. The van der Waals surface area contributed by atoms with Crippen molar-refractivity contribution in [3.63, 3.8) is 0 Å². The first-order chi connectivity index (χ1) is 20.4. The van der Waals surface area contributed by atoms with Gasteiger partial charge in [-0.3, -0.25) is 4.79 Å². The number of ether oxygens (including phenoxy) is 3. The van der Waals surface area contributed by atoms with Crippen molar-refractivity contribution in [1.29, 1.82) is 0 Å². The number of hydrogen-bond donors (Lipinski definition) is 2. The minimum Gasteiger partial charge on any atom is -0.493 e. The monoisotopic (exact) mass is 584 g/mol. The Morgan fingerprint density at radius 3 is 2.76 bits per heavy atom. The SMILES string of the molecule is COC[C@]1(O)CCCC[C@H]1n1cnc(C(=O)N2CCNC[C@H]2CCOc2cccc(OC(F)F)c2)c1-c1ccccc1. The summed E-state index contributed by atoms with van der Waals surface area (Å²) in [6, 6.07) is 15.4. The Labute approximate surface area is 244 Å². The largest absolute Gasteiger partial charge is 0.493 e. The van der Waals surface area contributed by atoms with Gasteiger partial charge in [-0.25, -0.2) is 4.98 Å². The molecule has 42 heavy (non-hydrogen) atoms. The molecule has 226 valence electrons. The number of halogens is 2. The fourth-order valence-corrected chi connectivity index (χ4v) is 6.13. The normalized spacial score (nSPS) is 22.7. The zero-order valence-corrected chi connectivity index (χ0v) is 23.8. The lowest BCUT2D eigenvalue weighted by molar-refractivity contribution is -0.0893. The van der Waals surface area contributed by atoms with Crippen LogP contribution in [0.15, 0.2) is 60.9 Å². The van der Waals surface area contributed by atoms with Crippen molar-refractivity contribution in [2.24, 2.45) is 0 Å². The first-order valence-electron chi connectivity index (χ1n) is 14.4. The molecule has 1 saturated heterocycles. The van der Waals surface area contributed by atoms with Crippen molar-refractivity contribution >= 4 is 5.91 Å². The van der Waals surface area contributed by atoms with E-state index in [2.05, 4.69) is 15.0 Å². The van der Waals surface area contributed by atoms with E-state index in [-0.39, 0.29) is 37.0 Å². The van der Waals surface area contributed by atoms with Gasteiger partial charge in [0.25, 0.3) is 5.91 Å². The maximum absolute atomic E-state index is 14.2. The van der Waals surface area contributed by atoms with Crippen LogP contribution in [0.5, 0.6) is 11.5 Å². The smallest absolute Gasteiger partial charge is 0.387 e. The molecule has 2 aromatic carbocycles. The molecule has 1 aliphatic carbocycles. The van der Waals surface area contributed by atoms with Crippen LogP contribution in [-0.4, -0.2) is 83.7 Å². The molecule has 11 heteroatoms. The van der Waals surface area contributed by atoms with Gasteiger partial charge in [0.15, 0.2) is 5.69 Å². The Balaban J connectivity index is 1.38. The van der Waals surface area contributed by atoms with Gasteiger partial charge in [-0.05, 0) is 25.0 Å². The number of benzene rings is 2. The predicted molar refractivity (Wildman–Crippen MR) is 153 cm³/mol. The molecule has 3 aromatic rings. The maximum atomic E-state index is 14.2. The van der Waals surface area contributed by atoms with Crippen LogP contribution in [0.4, 0.5) is 8.78 Å². The van der Waals surface area contributed by atoms with Crippen molar-refractivity contribution in [2.45, 2.75) is 56.4 Å². The fraction of sp³-hybridized carbons (Fsp3) is 0.484. The van der Waals surface area contributed by atoms with E-state index in [1.165, 1.54) is 12.1 Å². The molecule has 1 saturated carbocycles. The first-order valence-corrected chi connectivity index (χ1v) is 14.4. The zero-order valence-electron chi connectivity index (χ0n) is 23.8. The first kappa shape index (κ1) is 29.9. The van der Waals surface area contributed by atoms with E-state index in [0.29, 0.717) is 49.6 Å². The molecule has 9 nitrogen and oxygen atoms in total. The second-order valence-electron chi connectivity index (χ2n) is 10.9. The number of hydrogen-bond acceptors (Lipinski definition) is 7. The molecular formula is C31H38F2N4O5. The van der Waals surface area contributed by atoms with Crippen LogP contribution >= 0.6 is 0 Å². The van der Waals surface area contributed by atoms with Gasteiger partial charge in [0.2, 0.25) is 0 Å². The number of aliphatic hydroxyl groups is 1. The summed E-state index contributed by atoms with van der Waals surface area (Å²) >= 11 is 0. The lowest BCUT2D eigenvalue weighted by Gasteiger charge is -2.41. The van der Waals surface area contributed by atoms with Crippen LogP contribution in [0.1, 0.15) is 48.6 Å². The van der Waals surface area contributed by atoms with Gasteiger partial charge < -0.3 is 34.1 Å². The molecule has 1 amide bonds. The number of amides is 1. The molecule has 2 aliphatic rings. The van der Waals surface area contributed by atoms with E-state index < -0.39 is 12.2 Å². The average molecular weight is 585 g/mol. The molecule has 0 spiro atoms. The number of carbonyl (C=O) groups is 1. The summed E-state index contributed by atoms with van der Waals surface area (Å²) in [5, 5.41) is 15.0. The summed E-state index contributed by atoms with van der Waals surface area (Å²) in [4.78, 5) is 20.7. The second-order valence-corrected chi connectivity index (χ2v) is 10.9. The number of piperazine rings is 1. The standard InChI is InChI=1S/C31H38F2N4O5/c1-40-20-31(39)14-6-5-12-26(31)37-21-35-27(28(37)22-8-3-2-4-9-22)29(38)36-16-15-34-19-23(36)13-17-41-24-10-7-11-25(18-24)42-30(32)33/h2-4,7-11,18,21,23,26,30,34,39H,5-6,12-17,19-20H2,1H3/t23-,26-,31-/m1/s1. The number of aromatic nitrogens is 2. The van der Waals surface area contributed by atoms with Crippen LogP contribution in [0.25, 0.3) is 11.3 Å². The molecule has 1 aromatic heterocycles. The molecular weight excluding hydrogens is 546 g/mol. The number of alkyl halides is 2. The number of nitrogens with one attached hydrogen (secondary N) is 1. The highest BCUT2D eigenvalue weighted by Gasteiger charge is 2.42. The number of nitrogens with zero attached hydrogens (tertiary/aromatic N) is 3. The molecule has 2 fully saturated rings. The summed E-state index contributed by atoms with van der Waals surface area (Å²) in [6.07, 6.45) is 5.44. The van der Waals surface area contributed by atoms with Crippen LogP contribution in [-0.2, 0) is 4.74 Å². The Morgan fingerprint density at radius 2 is 1.98 bits per heavy atom. The third-order valence-electron chi connectivity index (χ3n) is 8.09. The van der Waals surface area contributed by atoms with E-state index in [4.69, 9.17) is 9.47 Å². The number of methoxy groups -OCH3 is 1. The van der Waals surface area contributed by atoms with Crippen LogP contribution < -0.4 is 14.8 Å². The Morgan fingerprint density at radius 1 is 1.17 bits per heavy atom. The number of imidazole rings is 1. The molecule has 5 rings (SSSR count). The maximum Gasteiger partial charge on any atom is 0.387 e. The van der Waals surface area contributed by atoms with E-state index in [9.17, 15) is 18.7 Å². The number of carbonyl (C=O) groups excluding carboxylic acids is 1. The van der Waals surface area contributed by atoms with Gasteiger partial charge in [0.1, 0.15) is 17.1 Å². The quantitative estimate of drug-likeness (QED) is 0.342. The third-order valence-corrected chi connectivity index (χ3v) is 8.09. The lowest BCUT2D eigenvalue weighted by Crippen LogP contribution is -2.54. The van der Waals surface area contributed by atoms with Crippen molar-refractivity contribution in [2.75, 3.05) is 40.0 Å². The Kier molecular flexibility index (Phi) is 9.71. The summed E-state index contributed by atoms with van der Waals surface area (Å²) < 4.78 is 42.9. The van der Waals surface area contributed by atoms with E-state index in [1.807, 2.05) is 39.8 Å². The fourth-order valence-electron chi connectivity index (χ4n) is 6.13. The van der Waals surface area contributed by atoms with Crippen molar-refractivity contribution in [3.8, 4) is 22.8 Å². The molecule has 0 unspecified atom stereocenters. The van der Waals surface area contributed by atoms with Crippen LogP contribution in [0.3, 0.4) is 0 Å².